The number of hydrogen-bond acceptors (Lipinski definition) is 5. The average Bonchev–Trinajstić information content (AvgIpc) is 2.84. The number of likely N-dealkylation sites (N-methyl/N-ethyl adjacent to an activating group) is 1. The van der Waals surface area contributed by atoms with Crippen molar-refractivity contribution in [2.24, 2.45) is 11.7 Å². The number of aromatic nitrogens is 2. The number of aryl methyl sites for hydroxylation is 1. The van der Waals surface area contributed by atoms with Crippen molar-refractivity contribution in [3.63, 3.8) is 0 Å². The summed E-state index contributed by atoms with van der Waals surface area (Å²) in [6.45, 7) is 5.83. The molecule has 21 heavy (non-hydrogen) atoms. The van der Waals surface area contributed by atoms with Gasteiger partial charge in [0.05, 0.1) is 6.20 Å². The zero-order chi connectivity index (χ0) is 16.0. The van der Waals surface area contributed by atoms with Crippen molar-refractivity contribution >= 4 is 10.0 Å². The highest BCUT2D eigenvalue weighted by molar-refractivity contribution is 7.89. The number of sulfonamides is 1. The third-order valence-corrected chi connectivity index (χ3v) is 4.63. The van der Waals surface area contributed by atoms with Gasteiger partial charge >= 0.3 is 0 Å². The Morgan fingerprint density at radius 3 is 2.62 bits per heavy atom. The second kappa shape index (κ2) is 7.88. The van der Waals surface area contributed by atoms with Crippen LogP contribution in [0.1, 0.15) is 20.3 Å². The predicted molar refractivity (Wildman–Crippen MR) is 83.4 cm³/mol. The summed E-state index contributed by atoms with van der Waals surface area (Å²) < 4.78 is 29.2. The minimum Gasteiger partial charge on any atom is -0.330 e. The number of nitrogens with two attached hydrogens (primary N) is 1. The van der Waals surface area contributed by atoms with E-state index < -0.39 is 10.0 Å². The van der Waals surface area contributed by atoms with Gasteiger partial charge in [-0.1, -0.05) is 13.8 Å². The molecule has 1 aromatic rings. The minimum absolute atomic E-state index is 0.141. The van der Waals surface area contributed by atoms with Gasteiger partial charge in [0.25, 0.3) is 0 Å². The summed E-state index contributed by atoms with van der Waals surface area (Å²) in [4.78, 5) is 2.17. The van der Waals surface area contributed by atoms with Crippen LogP contribution in [0.3, 0.4) is 0 Å². The monoisotopic (exact) mass is 317 g/mol. The van der Waals surface area contributed by atoms with E-state index in [-0.39, 0.29) is 16.9 Å². The summed E-state index contributed by atoms with van der Waals surface area (Å²) in [5.41, 5.74) is 5.44. The van der Waals surface area contributed by atoms with Crippen LogP contribution in [-0.2, 0) is 16.6 Å². The summed E-state index contributed by atoms with van der Waals surface area (Å²) >= 11 is 0. The van der Waals surface area contributed by atoms with E-state index >= 15 is 0 Å². The van der Waals surface area contributed by atoms with Crippen LogP contribution in [0, 0.1) is 5.92 Å². The second-order valence-corrected chi connectivity index (χ2v) is 7.53. The highest BCUT2D eigenvalue weighted by Gasteiger charge is 2.24. The molecule has 1 aromatic heterocycles. The van der Waals surface area contributed by atoms with Crippen molar-refractivity contribution in [1.29, 1.82) is 0 Å². The molecule has 1 atom stereocenters. The quantitative estimate of drug-likeness (QED) is 0.673. The molecule has 0 aliphatic carbocycles. The maximum absolute atomic E-state index is 12.4. The standard InChI is InChI=1S/C13H27N5O2S/c1-11(2)13(10-17(3)4)16-21(19,20)12-8-15-18(9-12)7-5-6-14/h8-9,11,13,16H,5-7,10,14H2,1-4H3. The molecule has 8 heteroatoms. The molecule has 122 valence electrons. The zero-order valence-electron chi connectivity index (χ0n) is 13.3. The minimum atomic E-state index is -3.55. The van der Waals surface area contributed by atoms with Crippen LogP contribution >= 0.6 is 0 Å². The number of nitrogens with zero attached hydrogens (tertiary/aromatic N) is 3. The zero-order valence-corrected chi connectivity index (χ0v) is 14.1. The van der Waals surface area contributed by atoms with E-state index in [2.05, 4.69) is 9.82 Å². The normalized spacial score (nSPS) is 14.0. The first-order valence-corrected chi connectivity index (χ1v) is 8.64. The van der Waals surface area contributed by atoms with E-state index in [9.17, 15) is 8.42 Å². The molecule has 0 amide bonds. The van der Waals surface area contributed by atoms with Gasteiger partial charge in [-0.05, 0) is 33.0 Å². The van der Waals surface area contributed by atoms with E-state index in [1.54, 1.807) is 10.9 Å². The van der Waals surface area contributed by atoms with Crippen LogP contribution in [0.25, 0.3) is 0 Å². The molecule has 0 bridgehead atoms. The van der Waals surface area contributed by atoms with Gasteiger partial charge in [-0.25, -0.2) is 13.1 Å². The van der Waals surface area contributed by atoms with E-state index in [0.717, 1.165) is 6.42 Å². The van der Waals surface area contributed by atoms with Gasteiger partial charge in [0.1, 0.15) is 4.90 Å². The molecule has 0 saturated carbocycles. The van der Waals surface area contributed by atoms with Gasteiger partial charge in [-0.2, -0.15) is 5.10 Å². The van der Waals surface area contributed by atoms with Crippen LogP contribution < -0.4 is 10.5 Å². The Labute approximate surface area is 127 Å². The number of hydrogen-bond donors (Lipinski definition) is 2. The molecular formula is C13H27N5O2S. The van der Waals surface area contributed by atoms with Gasteiger partial charge in [0.2, 0.25) is 10.0 Å². The molecule has 0 saturated heterocycles. The Hall–Kier alpha value is -0.960. The molecule has 0 aliphatic rings. The Kier molecular flexibility index (Phi) is 6.79. The van der Waals surface area contributed by atoms with E-state index in [1.165, 1.54) is 6.20 Å². The molecule has 1 rings (SSSR count). The van der Waals surface area contributed by atoms with Crippen LogP contribution in [0.5, 0.6) is 0 Å². The SMILES string of the molecule is CC(C)C(CN(C)C)NS(=O)(=O)c1cnn(CCCN)c1. The number of nitrogens with one attached hydrogen (secondary N) is 1. The molecule has 3 N–H and O–H groups in total. The van der Waals surface area contributed by atoms with Crippen molar-refractivity contribution in [2.75, 3.05) is 27.2 Å². The smallest absolute Gasteiger partial charge is 0.243 e. The van der Waals surface area contributed by atoms with Crippen LogP contribution in [-0.4, -0.2) is 56.3 Å². The molecule has 0 aliphatic heterocycles. The Morgan fingerprint density at radius 2 is 2.10 bits per heavy atom. The lowest BCUT2D eigenvalue weighted by molar-refractivity contribution is 0.314. The summed E-state index contributed by atoms with van der Waals surface area (Å²) in [5.74, 6) is 0.203. The molecule has 0 aromatic carbocycles. The largest absolute Gasteiger partial charge is 0.330 e. The molecule has 1 unspecified atom stereocenters. The van der Waals surface area contributed by atoms with E-state index in [0.29, 0.717) is 19.6 Å². The fourth-order valence-electron chi connectivity index (χ4n) is 1.90. The van der Waals surface area contributed by atoms with Gasteiger partial charge in [-0.3, -0.25) is 4.68 Å². The lowest BCUT2D eigenvalue weighted by Gasteiger charge is -2.25. The summed E-state index contributed by atoms with van der Waals surface area (Å²) in [7, 11) is 0.305. The third-order valence-electron chi connectivity index (χ3n) is 3.18. The lowest BCUT2D eigenvalue weighted by Crippen LogP contribution is -2.44. The summed E-state index contributed by atoms with van der Waals surface area (Å²) in [5, 5.41) is 4.06. The van der Waals surface area contributed by atoms with Gasteiger partial charge in [0, 0.05) is 25.3 Å². The molecule has 1 heterocycles. The maximum atomic E-state index is 12.4. The van der Waals surface area contributed by atoms with Gasteiger partial charge in [0.15, 0.2) is 0 Å². The molecule has 0 spiro atoms. The second-order valence-electron chi connectivity index (χ2n) is 5.82. The van der Waals surface area contributed by atoms with Crippen LogP contribution in [0.4, 0.5) is 0 Å². The van der Waals surface area contributed by atoms with Crippen molar-refractivity contribution < 1.29 is 8.42 Å². The highest BCUT2D eigenvalue weighted by atomic mass is 32.2. The van der Waals surface area contributed by atoms with Crippen molar-refractivity contribution in [3.05, 3.63) is 12.4 Å². The first-order chi connectivity index (χ1) is 9.76. The molecule has 0 fully saturated rings. The fraction of sp³-hybridized carbons (Fsp3) is 0.769. The first kappa shape index (κ1) is 18.1. The average molecular weight is 317 g/mol. The Morgan fingerprint density at radius 1 is 1.43 bits per heavy atom. The van der Waals surface area contributed by atoms with Crippen molar-refractivity contribution in [2.45, 2.75) is 37.8 Å². The molecular weight excluding hydrogens is 290 g/mol. The molecule has 0 radical (unpaired) electrons. The Bertz CT molecular complexity index is 524. The highest BCUT2D eigenvalue weighted by Crippen LogP contribution is 2.11. The maximum Gasteiger partial charge on any atom is 0.243 e. The lowest BCUT2D eigenvalue weighted by atomic mass is 10.1. The van der Waals surface area contributed by atoms with Gasteiger partial charge in [-0.15, -0.1) is 0 Å². The van der Waals surface area contributed by atoms with Crippen molar-refractivity contribution in [1.82, 2.24) is 19.4 Å². The van der Waals surface area contributed by atoms with Gasteiger partial charge < -0.3 is 10.6 Å². The van der Waals surface area contributed by atoms with Crippen LogP contribution in [0.2, 0.25) is 0 Å². The number of rotatable bonds is 9. The summed E-state index contributed by atoms with van der Waals surface area (Å²) in [6.07, 6.45) is 3.70. The topological polar surface area (TPSA) is 93.2 Å². The fourth-order valence-corrected chi connectivity index (χ4v) is 3.23. The molecule has 7 nitrogen and oxygen atoms in total. The van der Waals surface area contributed by atoms with Crippen LogP contribution in [0.15, 0.2) is 17.3 Å². The van der Waals surface area contributed by atoms with E-state index in [4.69, 9.17) is 5.73 Å². The van der Waals surface area contributed by atoms with E-state index in [1.807, 2.05) is 32.8 Å². The third kappa shape index (κ3) is 5.74. The Balaban J connectivity index is 2.81. The first-order valence-electron chi connectivity index (χ1n) is 7.16. The van der Waals surface area contributed by atoms with Crippen molar-refractivity contribution in [3.8, 4) is 0 Å². The predicted octanol–water partition coefficient (Wildman–Crippen LogP) is 0.0964. The summed E-state index contributed by atoms with van der Waals surface area (Å²) in [6, 6.07) is -0.141.